The third-order valence-electron chi connectivity index (χ3n) is 5.12. The first-order valence-electron chi connectivity index (χ1n) is 7.63. The van der Waals surface area contributed by atoms with Gasteiger partial charge in [0.1, 0.15) is 5.54 Å². The van der Waals surface area contributed by atoms with Crippen molar-refractivity contribution in [2.45, 2.75) is 63.7 Å². The van der Waals surface area contributed by atoms with Gasteiger partial charge in [0.25, 0.3) is 0 Å². The highest BCUT2D eigenvalue weighted by Crippen LogP contribution is 2.34. The largest absolute Gasteiger partial charge is 0.300 e. The number of piperazine rings is 1. The maximum absolute atomic E-state index is 9.47. The van der Waals surface area contributed by atoms with Crippen LogP contribution in [0.4, 0.5) is 0 Å². The summed E-state index contributed by atoms with van der Waals surface area (Å²) >= 11 is 0. The molecule has 0 bridgehead atoms. The van der Waals surface area contributed by atoms with E-state index in [4.69, 9.17) is 0 Å². The lowest BCUT2D eigenvalue weighted by molar-refractivity contribution is 0.0339. The van der Waals surface area contributed by atoms with Crippen molar-refractivity contribution >= 4 is 0 Å². The highest BCUT2D eigenvalue weighted by atomic mass is 15.3. The minimum absolute atomic E-state index is 0.269. The van der Waals surface area contributed by atoms with Gasteiger partial charge in [0.2, 0.25) is 0 Å². The summed E-state index contributed by atoms with van der Waals surface area (Å²) in [4.78, 5) is 5.08. The van der Waals surface area contributed by atoms with Gasteiger partial charge in [-0.25, -0.2) is 0 Å². The van der Waals surface area contributed by atoms with Gasteiger partial charge >= 0.3 is 0 Å². The topological polar surface area (TPSA) is 42.3 Å². The van der Waals surface area contributed by atoms with Crippen LogP contribution in [0.3, 0.4) is 0 Å². The van der Waals surface area contributed by atoms with Crippen molar-refractivity contribution in [1.82, 2.24) is 15.1 Å². The van der Waals surface area contributed by atoms with E-state index in [-0.39, 0.29) is 5.54 Å². The molecule has 0 radical (unpaired) electrons. The minimum atomic E-state index is -0.269. The normalized spacial score (nSPS) is 41.3. The van der Waals surface area contributed by atoms with Crippen LogP contribution in [-0.2, 0) is 0 Å². The molecule has 1 aliphatic carbocycles. The number of nitrogens with zero attached hydrogens (tertiary/aromatic N) is 3. The molecule has 0 aromatic carbocycles. The van der Waals surface area contributed by atoms with Crippen molar-refractivity contribution in [1.29, 1.82) is 5.26 Å². The van der Waals surface area contributed by atoms with Crippen molar-refractivity contribution in [3.63, 3.8) is 0 Å². The number of rotatable bonds is 3. The Labute approximate surface area is 117 Å². The average molecular weight is 264 g/mol. The summed E-state index contributed by atoms with van der Waals surface area (Å²) in [6.07, 6.45) is 3.14. The SMILES string of the molecule is CCNC1(C#N)CCC(N2CC(C)N(C)C(C)C2)C1. The van der Waals surface area contributed by atoms with E-state index in [1.807, 2.05) is 0 Å². The molecule has 4 heteroatoms. The number of nitriles is 1. The fraction of sp³-hybridized carbons (Fsp3) is 0.933. The molecular formula is C15H28N4. The van der Waals surface area contributed by atoms with E-state index < -0.39 is 0 Å². The Morgan fingerprint density at radius 2 is 1.95 bits per heavy atom. The quantitative estimate of drug-likeness (QED) is 0.837. The summed E-state index contributed by atoms with van der Waals surface area (Å²) in [5.74, 6) is 0. The molecule has 1 saturated carbocycles. The molecule has 4 atom stereocenters. The molecule has 0 aromatic rings. The molecule has 0 aromatic heterocycles. The second-order valence-corrected chi connectivity index (χ2v) is 6.44. The lowest BCUT2D eigenvalue weighted by Gasteiger charge is -2.45. The summed E-state index contributed by atoms with van der Waals surface area (Å²) in [6.45, 7) is 9.86. The number of likely N-dealkylation sites (N-methyl/N-ethyl adjacent to an activating group) is 1. The Hall–Kier alpha value is -0.630. The van der Waals surface area contributed by atoms with Crippen molar-refractivity contribution in [2.24, 2.45) is 0 Å². The van der Waals surface area contributed by atoms with Crippen LogP contribution in [0.15, 0.2) is 0 Å². The van der Waals surface area contributed by atoms with E-state index in [9.17, 15) is 5.26 Å². The number of hydrogen-bond acceptors (Lipinski definition) is 4. The first kappa shape index (κ1) is 14.8. The van der Waals surface area contributed by atoms with Gasteiger partial charge in [-0.05, 0) is 46.7 Å². The van der Waals surface area contributed by atoms with Gasteiger partial charge < -0.3 is 0 Å². The monoisotopic (exact) mass is 264 g/mol. The predicted octanol–water partition coefficient (Wildman–Crippen LogP) is 1.44. The maximum Gasteiger partial charge on any atom is 0.108 e. The predicted molar refractivity (Wildman–Crippen MR) is 77.9 cm³/mol. The lowest BCUT2D eigenvalue weighted by atomic mass is 9.98. The van der Waals surface area contributed by atoms with Crippen molar-refractivity contribution < 1.29 is 0 Å². The highest BCUT2D eigenvalue weighted by molar-refractivity contribution is 5.13. The molecule has 0 amide bonds. The fourth-order valence-corrected chi connectivity index (χ4v) is 3.71. The zero-order valence-electron chi connectivity index (χ0n) is 12.8. The van der Waals surface area contributed by atoms with E-state index in [0.29, 0.717) is 18.1 Å². The van der Waals surface area contributed by atoms with Crippen LogP contribution in [0.1, 0.15) is 40.0 Å². The molecule has 4 unspecified atom stereocenters. The van der Waals surface area contributed by atoms with Gasteiger partial charge in [0, 0.05) is 31.2 Å². The zero-order chi connectivity index (χ0) is 14.0. The molecule has 19 heavy (non-hydrogen) atoms. The maximum atomic E-state index is 9.47. The van der Waals surface area contributed by atoms with Gasteiger partial charge in [-0.2, -0.15) is 5.26 Å². The first-order chi connectivity index (χ1) is 9.01. The zero-order valence-corrected chi connectivity index (χ0v) is 12.8. The van der Waals surface area contributed by atoms with Gasteiger partial charge in [-0.3, -0.25) is 15.1 Å². The molecule has 2 aliphatic rings. The third kappa shape index (κ3) is 2.94. The lowest BCUT2D eigenvalue weighted by Crippen LogP contribution is -2.57. The van der Waals surface area contributed by atoms with E-state index >= 15 is 0 Å². The molecule has 0 spiro atoms. The molecule has 4 nitrogen and oxygen atoms in total. The highest BCUT2D eigenvalue weighted by Gasteiger charge is 2.42. The fourth-order valence-electron chi connectivity index (χ4n) is 3.71. The van der Waals surface area contributed by atoms with Crippen molar-refractivity contribution in [2.75, 3.05) is 26.7 Å². The standard InChI is InChI=1S/C15H28N4/c1-5-17-15(11-16)7-6-14(8-15)19-9-12(2)18(4)13(3)10-19/h12-14,17H,5-10H2,1-4H3. The smallest absolute Gasteiger partial charge is 0.108 e. The molecule has 2 fully saturated rings. The molecular weight excluding hydrogens is 236 g/mol. The summed E-state index contributed by atoms with van der Waals surface area (Å²) in [5, 5.41) is 12.9. The van der Waals surface area contributed by atoms with Gasteiger partial charge in [-0.1, -0.05) is 6.92 Å². The average Bonchev–Trinajstić information content (AvgIpc) is 2.81. The van der Waals surface area contributed by atoms with E-state index in [0.717, 1.165) is 38.9 Å². The Kier molecular flexibility index (Phi) is 4.50. The summed E-state index contributed by atoms with van der Waals surface area (Å²) in [7, 11) is 2.22. The van der Waals surface area contributed by atoms with Crippen molar-refractivity contribution in [3.8, 4) is 6.07 Å². The van der Waals surface area contributed by atoms with Crippen LogP contribution in [-0.4, -0.2) is 60.1 Å². The third-order valence-corrected chi connectivity index (χ3v) is 5.12. The van der Waals surface area contributed by atoms with E-state index in [2.05, 4.69) is 49.0 Å². The van der Waals surface area contributed by atoms with Gasteiger partial charge in [-0.15, -0.1) is 0 Å². The summed E-state index contributed by atoms with van der Waals surface area (Å²) < 4.78 is 0. The summed E-state index contributed by atoms with van der Waals surface area (Å²) in [5.41, 5.74) is -0.269. The van der Waals surface area contributed by atoms with Crippen molar-refractivity contribution in [3.05, 3.63) is 0 Å². The van der Waals surface area contributed by atoms with Crippen LogP contribution in [0.5, 0.6) is 0 Å². The van der Waals surface area contributed by atoms with E-state index in [1.54, 1.807) is 0 Å². The Morgan fingerprint density at radius 1 is 1.32 bits per heavy atom. The molecule has 1 N–H and O–H groups in total. The van der Waals surface area contributed by atoms with Gasteiger partial charge in [0.15, 0.2) is 0 Å². The first-order valence-corrected chi connectivity index (χ1v) is 7.63. The Morgan fingerprint density at radius 3 is 2.47 bits per heavy atom. The van der Waals surface area contributed by atoms with Gasteiger partial charge in [0.05, 0.1) is 6.07 Å². The second kappa shape index (κ2) is 5.78. The molecule has 1 saturated heterocycles. The Balaban J connectivity index is 1.99. The second-order valence-electron chi connectivity index (χ2n) is 6.44. The van der Waals surface area contributed by atoms with E-state index in [1.165, 1.54) is 0 Å². The number of nitrogens with one attached hydrogen (secondary N) is 1. The molecule has 1 aliphatic heterocycles. The molecule has 2 rings (SSSR count). The van der Waals surface area contributed by atoms with Crippen LogP contribution >= 0.6 is 0 Å². The van der Waals surface area contributed by atoms with Crippen LogP contribution in [0.2, 0.25) is 0 Å². The van der Waals surface area contributed by atoms with Crippen LogP contribution < -0.4 is 5.32 Å². The van der Waals surface area contributed by atoms with Crippen LogP contribution in [0, 0.1) is 11.3 Å². The minimum Gasteiger partial charge on any atom is -0.300 e. The molecule has 108 valence electrons. The summed E-state index contributed by atoms with van der Waals surface area (Å²) in [6, 6.07) is 4.33. The van der Waals surface area contributed by atoms with Crippen LogP contribution in [0.25, 0.3) is 0 Å². The Bertz CT molecular complexity index is 339. The molecule has 1 heterocycles. The number of hydrogen-bond donors (Lipinski definition) is 1.